The van der Waals surface area contributed by atoms with Crippen LogP contribution in [-0.2, 0) is 4.79 Å². The Balaban J connectivity index is 4.02. The molecule has 5 heteroatoms. The van der Waals surface area contributed by atoms with Crippen molar-refractivity contribution in [1.82, 2.24) is 5.32 Å². The van der Waals surface area contributed by atoms with Crippen LogP contribution in [0.25, 0.3) is 0 Å². The number of nitrogens with one attached hydrogen (secondary N) is 1. The van der Waals surface area contributed by atoms with Crippen LogP contribution in [0.5, 0.6) is 0 Å². The van der Waals surface area contributed by atoms with Crippen LogP contribution < -0.4 is 5.32 Å². The van der Waals surface area contributed by atoms with Crippen LogP contribution in [0.4, 0.5) is 0 Å². The normalized spacial score (nSPS) is 11.8. The molecule has 0 rings (SSSR count). The van der Waals surface area contributed by atoms with Crippen molar-refractivity contribution in [3.05, 3.63) is 23.5 Å². The molecule has 0 atom stereocenters. The smallest absolute Gasteiger partial charge is 0.240 e. The Bertz CT molecular complexity index is 259. The van der Waals surface area contributed by atoms with Gasteiger partial charge in [0.2, 0.25) is 5.91 Å². The van der Waals surface area contributed by atoms with Crippen LogP contribution in [0.1, 0.15) is 6.92 Å². The molecule has 0 unspecified atom stereocenters. The fourth-order valence-corrected chi connectivity index (χ4v) is 0.556. The molecule has 0 saturated heterocycles. The van der Waals surface area contributed by atoms with Gasteiger partial charge in [-0.2, -0.15) is 0 Å². The fraction of sp³-hybridized carbons (Fsp3) is 0.250. The molecule has 0 saturated carbocycles. The molecule has 0 radical (unpaired) electrons. The number of alkyl halides is 1. The van der Waals surface area contributed by atoms with Gasteiger partial charge >= 0.3 is 0 Å². The molecule has 0 aromatic rings. The standard InChI is InChI=1S/C8H10Cl2N2O/c1-3-7(10)5-11-6(2)12-8(13)4-9/h3,5H,2,4H2,1H3,(H,12,13)/b7-3+,11-5-. The molecule has 0 heterocycles. The first kappa shape index (κ1) is 12.2. The number of carbonyl (C=O) groups excluding carboxylic acids is 1. The van der Waals surface area contributed by atoms with Crippen molar-refractivity contribution < 1.29 is 4.79 Å². The summed E-state index contributed by atoms with van der Waals surface area (Å²) < 4.78 is 0. The number of nitrogens with zero attached hydrogens (tertiary/aromatic N) is 1. The van der Waals surface area contributed by atoms with Crippen molar-refractivity contribution in [2.75, 3.05) is 5.88 Å². The summed E-state index contributed by atoms with van der Waals surface area (Å²) in [6.45, 7) is 5.25. The number of halogens is 2. The lowest BCUT2D eigenvalue weighted by atomic mass is 10.5. The number of carbonyl (C=O) groups is 1. The van der Waals surface area contributed by atoms with Gasteiger partial charge in [0.15, 0.2) is 0 Å². The van der Waals surface area contributed by atoms with E-state index in [4.69, 9.17) is 23.2 Å². The Morgan fingerprint density at radius 1 is 1.69 bits per heavy atom. The van der Waals surface area contributed by atoms with Crippen LogP contribution in [0.3, 0.4) is 0 Å². The third kappa shape index (κ3) is 6.37. The highest BCUT2D eigenvalue weighted by atomic mass is 35.5. The minimum atomic E-state index is -0.347. The van der Waals surface area contributed by atoms with Gasteiger partial charge in [-0.25, -0.2) is 4.99 Å². The highest BCUT2D eigenvalue weighted by Crippen LogP contribution is 1.97. The van der Waals surface area contributed by atoms with E-state index >= 15 is 0 Å². The lowest BCUT2D eigenvalue weighted by Gasteiger charge is -1.99. The molecule has 3 nitrogen and oxygen atoms in total. The van der Waals surface area contributed by atoms with E-state index < -0.39 is 0 Å². The molecule has 1 N–H and O–H groups in total. The van der Waals surface area contributed by atoms with Crippen molar-refractivity contribution in [3.8, 4) is 0 Å². The summed E-state index contributed by atoms with van der Waals surface area (Å²) in [4.78, 5) is 14.5. The van der Waals surface area contributed by atoms with Gasteiger partial charge in [0.05, 0.1) is 5.03 Å². The summed E-state index contributed by atoms with van der Waals surface area (Å²) in [6, 6.07) is 0. The molecule has 0 spiro atoms. The average Bonchev–Trinajstić information content (AvgIpc) is 2.13. The van der Waals surface area contributed by atoms with Gasteiger partial charge in [0.1, 0.15) is 11.7 Å². The van der Waals surface area contributed by atoms with Gasteiger partial charge < -0.3 is 5.32 Å². The Labute approximate surface area is 87.1 Å². The number of amides is 1. The van der Waals surface area contributed by atoms with Crippen molar-refractivity contribution in [3.63, 3.8) is 0 Å². The molecule has 0 aromatic carbocycles. The lowest BCUT2D eigenvalue weighted by Crippen LogP contribution is -2.22. The van der Waals surface area contributed by atoms with Gasteiger partial charge in [0, 0.05) is 6.21 Å². The maximum absolute atomic E-state index is 10.7. The first-order chi connectivity index (χ1) is 6.10. The minimum Gasteiger partial charge on any atom is -0.310 e. The van der Waals surface area contributed by atoms with Gasteiger partial charge in [0.25, 0.3) is 0 Å². The third-order valence-corrected chi connectivity index (χ3v) is 1.58. The molecule has 0 bridgehead atoms. The first-order valence-electron chi connectivity index (χ1n) is 3.50. The lowest BCUT2D eigenvalue weighted by molar-refractivity contribution is -0.117. The second-order valence-electron chi connectivity index (χ2n) is 2.06. The van der Waals surface area contributed by atoms with E-state index in [2.05, 4.69) is 16.9 Å². The van der Waals surface area contributed by atoms with E-state index in [0.717, 1.165) is 0 Å². The number of allylic oxidation sites excluding steroid dienone is 2. The molecule has 0 aliphatic carbocycles. The maximum atomic E-state index is 10.7. The van der Waals surface area contributed by atoms with E-state index in [9.17, 15) is 4.79 Å². The summed E-state index contributed by atoms with van der Waals surface area (Å²) in [7, 11) is 0. The average molecular weight is 221 g/mol. The molecule has 0 fully saturated rings. The zero-order valence-electron chi connectivity index (χ0n) is 7.18. The highest BCUT2D eigenvalue weighted by molar-refractivity contribution is 6.39. The van der Waals surface area contributed by atoms with Crippen LogP contribution in [0.15, 0.2) is 28.5 Å². The maximum Gasteiger partial charge on any atom is 0.240 e. The van der Waals surface area contributed by atoms with E-state index in [0.29, 0.717) is 5.03 Å². The quantitative estimate of drug-likeness (QED) is 0.572. The fourth-order valence-electron chi connectivity index (χ4n) is 0.441. The summed E-state index contributed by atoms with van der Waals surface area (Å²) in [5.41, 5.74) is 0. The molecule has 72 valence electrons. The molecule has 1 amide bonds. The molecule has 0 aliphatic rings. The molecular formula is C8H10Cl2N2O. The van der Waals surface area contributed by atoms with Crippen molar-refractivity contribution in [2.45, 2.75) is 6.92 Å². The van der Waals surface area contributed by atoms with E-state index in [1.807, 2.05) is 0 Å². The number of hydrogen-bond acceptors (Lipinski definition) is 2. The van der Waals surface area contributed by atoms with E-state index in [-0.39, 0.29) is 17.6 Å². The zero-order chi connectivity index (χ0) is 10.3. The first-order valence-corrected chi connectivity index (χ1v) is 4.42. The molecule has 13 heavy (non-hydrogen) atoms. The van der Waals surface area contributed by atoms with Crippen molar-refractivity contribution >= 4 is 35.3 Å². The van der Waals surface area contributed by atoms with Gasteiger partial charge in [-0.1, -0.05) is 24.3 Å². The van der Waals surface area contributed by atoms with E-state index in [1.165, 1.54) is 6.21 Å². The Hall–Kier alpha value is -0.800. The highest BCUT2D eigenvalue weighted by Gasteiger charge is 1.97. The Kier molecular flexibility index (Phi) is 6.28. The second-order valence-corrected chi connectivity index (χ2v) is 2.76. The van der Waals surface area contributed by atoms with Crippen LogP contribution >= 0.6 is 23.2 Å². The van der Waals surface area contributed by atoms with Crippen molar-refractivity contribution in [2.24, 2.45) is 4.99 Å². The van der Waals surface area contributed by atoms with Gasteiger partial charge in [-0.3, -0.25) is 4.79 Å². The second kappa shape index (κ2) is 6.69. The predicted octanol–water partition coefficient (Wildman–Crippen LogP) is 2.03. The number of aliphatic imine (C=N–C) groups is 1. The van der Waals surface area contributed by atoms with Crippen LogP contribution in [0.2, 0.25) is 0 Å². The van der Waals surface area contributed by atoms with Gasteiger partial charge in [-0.15, -0.1) is 11.6 Å². The van der Waals surface area contributed by atoms with Gasteiger partial charge in [-0.05, 0) is 6.92 Å². The summed E-state index contributed by atoms with van der Waals surface area (Å²) in [6.07, 6.45) is 3.06. The minimum absolute atomic E-state index is 0.119. The number of hydrogen-bond donors (Lipinski definition) is 1. The SMILES string of the molecule is C=C(/N=C\C(Cl)=C/C)NC(=O)CCl. The zero-order valence-corrected chi connectivity index (χ0v) is 8.69. The van der Waals surface area contributed by atoms with Crippen LogP contribution in [-0.4, -0.2) is 18.0 Å². The Morgan fingerprint density at radius 3 is 2.77 bits per heavy atom. The summed E-state index contributed by atoms with van der Waals surface area (Å²) >= 11 is 10.9. The number of rotatable bonds is 4. The largest absolute Gasteiger partial charge is 0.310 e. The van der Waals surface area contributed by atoms with Crippen LogP contribution in [0, 0.1) is 0 Å². The molecule has 0 aliphatic heterocycles. The monoisotopic (exact) mass is 220 g/mol. The van der Waals surface area contributed by atoms with E-state index in [1.54, 1.807) is 13.0 Å². The summed E-state index contributed by atoms with van der Waals surface area (Å²) in [5, 5.41) is 2.83. The molecular weight excluding hydrogens is 211 g/mol. The topological polar surface area (TPSA) is 41.5 Å². The predicted molar refractivity (Wildman–Crippen MR) is 56.1 cm³/mol. The third-order valence-electron chi connectivity index (χ3n) is 1.02. The Morgan fingerprint density at radius 2 is 2.31 bits per heavy atom. The summed E-state index contributed by atoms with van der Waals surface area (Å²) in [5.74, 6) is -0.252. The molecule has 0 aromatic heterocycles. The van der Waals surface area contributed by atoms with Crippen molar-refractivity contribution in [1.29, 1.82) is 0 Å².